The van der Waals surface area contributed by atoms with Gasteiger partial charge in [0.05, 0.1) is 5.69 Å². The maximum absolute atomic E-state index is 12.2. The predicted octanol–water partition coefficient (Wildman–Crippen LogP) is 1.44. The Bertz CT molecular complexity index is 684. The van der Waals surface area contributed by atoms with E-state index in [2.05, 4.69) is 20.0 Å². The van der Waals surface area contributed by atoms with Gasteiger partial charge in [0.15, 0.2) is 5.69 Å². The maximum Gasteiger partial charge on any atom is 0.273 e. The van der Waals surface area contributed by atoms with Gasteiger partial charge in [0.2, 0.25) is 0 Å². The lowest BCUT2D eigenvalue weighted by Crippen LogP contribution is -2.28. The van der Waals surface area contributed by atoms with Crippen LogP contribution in [0.2, 0.25) is 0 Å². The molecular weight excluding hydrogens is 314 g/mol. The van der Waals surface area contributed by atoms with Crippen LogP contribution in [-0.4, -0.2) is 27.7 Å². The Morgan fingerprint density at radius 3 is 2.74 bits per heavy atom. The summed E-state index contributed by atoms with van der Waals surface area (Å²) >= 11 is 0.918. The standard InChI is InChI=1S/C15H19N5O2S/c1-9(2)6-18-14(21)12-11(16)13(23-20-12)15(22)19-8-10-4-3-5-17-7-10/h3-5,7,9H,6,8,16H2,1-2H3,(H,18,21)(H,19,22). The molecule has 0 aliphatic carbocycles. The molecule has 2 heterocycles. The molecule has 0 saturated heterocycles. The molecule has 2 aromatic heterocycles. The van der Waals surface area contributed by atoms with Crippen LogP contribution < -0.4 is 16.4 Å². The monoisotopic (exact) mass is 333 g/mol. The minimum absolute atomic E-state index is 0.0992. The van der Waals surface area contributed by atoms with E-state index < -0.39 is 0 Å². The molecule has 0 spiro atoms. The topological polar surface area (TPSA) is 110 Å². The number of amides is 2. The van der Waals surface area contributed by atoms with E-state index in [9.17, 15) is 9.59 Å². The smallest absolute Gasteiger partial charge is 0.273 e. The van der Waals surface area contributed by atoms with E-state index in [1.54, 1.807) is 18.5 Å². The van der Waals surface area contributed by atoms with E-state index in [0.29, 0.717) is 19.0 Å². The Labute approximate surface area is 138 Å². The van der Waals surface area contributed by atoms with Crippen LogP contribution in [0.5, 0.6) is 0 Å². The van der Waals surface area contributed by atoms with E-state index in [1.807, 2.05) is 19.9 Å². The van der Waals surface area contributed by atoms with E-state index in [4.69, 9.17) is 5.73 Å². The van der Waals surface area contributed by atoms with Crippen molar-refractivity contribution in [1.82, 2.24) is 20.0 Å². The molecule has 0 bridgehead atoms. The Morgan fingerprint density at radius 2 is 2.09 bits per heavy atom. The lowest BCUT2D eigenvalue weighted by Gasteiger charge is -2.06. The van der Waals surface area contributed by atoms with Crippen LogP contribution >= 0.6 is 11.5 Å². The van der Waals surface area contributed by atoms with Crippen molar-refractivity contribution in [2.45, 2.75) is 20.4 Å². The van der Waals surface area contributed by atoms with Crippen molar-refractivity contribution >= 4 is 29.0 Å². The Kier molecular flexibility index (Phi) is 5.64. The molecule has 122 valence electrons. The summed E-state index contributed by atoms with van der Waals surface area (Å²) in [6.07, 6.45) is 3.33. The molecule has 0 unspecified atom stereocenters. The van der Waals surface area contributed by atoms with Gasteiger partial charge in [-0.3, -0.25) is 14.6 Å². The molecule has 0 atom stereocenters. The van der Waals surface area contributed by atoms with Gasteiger partial charge in [-0.25, -0.2) is 0 Å². The van der Waals surface area contributed by atoms with Crippen LogP contribution in [0, 0.1) is 5.92 Å². The molecule has 2 rings (SSSR count). The fourth-order valence-electron chi connectivity index (χ4n) is 1.77. The van der Waals surface area contributed by atoms with Gasteiger partial charge in [-0.15, -0.1) is 0 Å². The van der Waals surface area contributed by atoms with Gasteiger partial charge in [-0.05, 0) is 29.1 Å². The van der Waals surface area contributed by atoms with E-state index in [1.165, 1.54) is 0 Å². The summed E-state index contributed by atoms with van der Waals surface area (Å²) in [5.74, 6) is -0.397. The van der Waals surface area contributed by atoms with Crippen LogP contribution in [0.15, 0.2) is 24.5 Å². The van der Waals surface area contributed by atoms with Crippen LogP contribution in [0.3, 0.4) is 0 Å². The number of aromatic nitrogens is 2. The molecule has 0 aromatic carbocycles. The normalized spacial score (nSPS) is 10.6. The summed E-state index contributed by atoms with van der Waals surface area (Å²) in [6.45, 7) is 4.83. The third-order valence-electron chi connectivity index (χ3n) is 3.00. The zero-order valence-electron chi connectivity index (χ0n) is 13.0. The first-order valence-electron chi connectivity index (χ1n) is 7.19. The first-order chi connectivity index (χ1) is 11.0. The second-order valence-electron chi connectivity index (χ2n) is 5.42. The second kappa shape index (κ2) is 7.68. The minimum atomic E-state index is -0.362. The molecule has 0 aliphatic heterocycles. The lowest BCUT2D eigenvalue weighted by atomic mass is 10.2. The van der Waals surface area contributed by atoms with Gasteiger partial charge in [0.1, 0.15) is 4.88 Å². The van der Waals surface area contributed by atoms with Crippen LogP contribution in [0.25, 0.3) is 0 Å². The van der Waals surface area contributed by atoms with Crippen molar-refractivity contribution in [1.29, 1.82) is 0 Å². The van der Waals surface area contributed by atoms with Crippen molar-refractivity contribution < 1.29 is 9.59 Å². The number of carbonyl (C=O) groups excluding carboxylic acids is 2. The van der Waals surface area contributed by atoms with Crippen molar-refractivity contribution in [3.63, 3.8) is 0 Å². The number of rotatable bonds is 6. The number of pyridine rings is 1. The molecule has 2 aromatic rings. The second-order valence-corrected chi connectivity index (χ2v) is 6.20. The average Bonchev–Trinajstić information content (AvgIpc) is 2.93. The first-order valence-corrected chi connectivity index (χ1v) is 7.96. The van der Waals surface area contributed by atoms with Crippen molar-refractivity contribution in [3.8, 4) is 0 Å². The molecule has 4 N–H and O–H groups in total. The van der Waals surface area contributed by atoms with Gasteiger partial charge in [-0.1, -0.05) is 19.9 Å². The van der Waals surface area contributed by atoms with Gasteiger partial charge < -0.3 is 16.4 Å². The van der Waals surface area contributed by atoms with Crippen LogP contribution in [0.1, 0.15) is 39.6 Å². The molecule has 0 radical (unpaired) electrons. The fourth-order valence-corrected chi connectivity index (χ4v) is 2.48. The lowest BCUT2D eigenvalue weighted by molar-refractivity contribution is 0.0945. The van der Waals surface area contributed by atoms with Crippen LogP contribution in [0.4, 0.5) is 5.69 Å². The fraction of sp³-hybridized carbons (Fsp3) is 0.333. The molecule has 0 saturated carbocycles. The number of nitrogens with zero attached hydrogens (tertiary/aromatic N) is 2. The third-order valence-corrected chi connectivity index (χ3v) is 3.86. The van der Waals surface area contributed by atoms with E-state index >= 15 is 0 Å². The van der Waals surface area contributed by atoms with Crippen molar-refractivity contribution in [3.05, 3.63) is 40.7 Å². The molecule has 23 heavy (non-hydrogen) atoms. The Balaban J connectivity index is 2.00. The molecule has 8 heteroatoms. The van der Waals surface area contributed by atoms with Gasteiger partial charge >= 0.3 is 0 Å². The maximum atomic E-state index is 12.2. The predicted molar refractivity (Wildman–Crippen MR) is 89.1 cm³/mol. The number of hydrogen-bond acceptors (Lipinski definition) is 6. The van der Waals surface area contributed by atoms with Crippen LogP contribution in [-0.2, 0) is 6.54 Å². The summed E-state index contributed by atoms with van der Waals surface area (Å²) < 4.78 is 4.00. The molecule has 0 fully saturated rings. The third kappa shape index (κ3) is 4.49. The molecule has 7 nitrogen and oxygen atoms in total. The van der Waals surface area contributed by atoms with Crippen molar-refractivity contribution in [2.24, 2.45) is 5.92 Å². The molecule has 0 aliphatic rings. The average molecular weight is 333 g/mol. The highest BCUT2D eigenvalue weighted by Gasteiger charge is 2.21. The highest BCUT2D eigenvalue weighted by Crippen LogP contribution is 2.21. The van der Waals surface area contributed by atoms with Gasteiger partial charge in [-0.2, -0.15) is 4.37 Å². The number of nitrogen functional groups attached to an aromatic ring is 1. The molecule has 2 amide bonds. The van der Waals surface area contributed by atoms with Crippen molar-refractivity contribution in [2.75, 3.05) is 12.3 Å². The van der Waals surface area contributed by atoms with Gasteiger partial charge in [0.25, 0.3) is 11.8 Å². The first kappa shape index (κ1) is 16.9. The number of anilines is 1. The van der Waals surface area contributed by atoms with E-state index in [0.717, 1.165) is 17.1 Å². The number of nitrogens with one attached hydrogen (secondary N) is 2. The number of carbonyl (C=O) groups is 2. The summed E-state index contributed by atoms with van der Waals surface area (Å²) in [5.41, 5.74) is 6.98. The minimum Gasteiger partial charge on any atom is -0.395 e. The highest BCUT2D eigenvalue weighted by atomic mass is 32.1. The Morgan fingerprint density at radius 1 is 1.30 bits per heavy atom. The summed E-state index contributed by atoms with van der Waals surface area (Å²) in [6, 6.07) is 3.65. The molecular formula is C15H19N5O2S. The number of nitrogens with two attached hydrogens (primary N) is 1. The summed E-state index contributed by atoms with van der Waals surface area (Å²) in [4.78, 5) is 28.4. The highest BCUT2D eigenvalue weighted by molar-refractivity contribution is 7.09. The van der Waals surface area contributed by atoms with Gasteiger partial charge in [0, 0.05) is 25.5 Å². The SMILES string of the molecule is CC(C)CNC(=O)c1nsc(C(=O)NCc2cccnc2)c1N. The largest absolute Gasteiger partial charge is 0.395 e. The summed E-state index contributed by atoms with van der Waals surface area (Å²) in [5, 5.41) is 5.47. The number of hydrogen-bond donors (Lipinski definition) is 3. The summed E-state index contributed by atoms with van der Waals surface area (Å²) in [7, 11) is 0. The van der Waals surface area contributed by atoms with E-state index in [-0.39, 0.29) is 28.1 Å². The zero-order valence-corrected chi connectivity index (χ0v) is 13.8. The zero-order chi connectivity index (χ0) is 16.8. The quantitative estimate of drug-likeness (QED) is 0.741. The Hall–Kier alpha value is -2.48.